The Morgan fingerprint density at radius 3 is 2.84 bits per heavy atom. The lowest BCUT2D eigenvalue weighted by Crippen LogP contribution is -2.13. The number of aryl methyl sites for hydroxylation is 1. The highest BCUT2D eigenvalue weighted by Gasteiger charge is 2.10. The minimum atomic E-state index is 0.00565. The van der Waals surface area contributed by atoms with Crippen LogP contribution in [0.25, 0.3) is 10.1 Å². The number of pyridine rings is 1. The minimum Gasteiger partial charge on any atom is -0.324 e. The average Bonchev–Trinajstić information content (AvgIpc) is 2.83. The molecule has 0 spiro atoms. The summed E-state index contributed by atoms with van der Waals surface area (Å²) < 4.78 is 1.33. The van der Waals surface area contributed by atoms with Gasteiger partial charge in [-0.05, 0) is 47.4 Å². The van der Waals surface area contributed by atoms with Crippen molar-refractivity contribution in [2.75, 3.05) is 0 Å². The molecule has 1 aromatic carbocycles. The summed E-state index contributed by atoms with van der Waals surface area (Å²) in [5, 5.41) is 3.54. The lowest BCUT2D eigenvalue weighted by molar-refractivity contribution is 0.722. The number of nitrogens with two attached hydrogens (primary N) is 1. The van der Waals surface area contributed by atoms with Crippen LogP contribution in [0.15, 0.2) is 48.0 Å². The van der Waals surface area contributed by atoms with Crippen LogP contribution in [-0.2, 0) is 6.42 Å². The van der Waals surface area contributed by atoms with Crippen molar-refractivity contribution >= 4 is 21.4 Å². The molecule has 0 bridgehead atoms. The number of aromatic nitrogens is 1. The molecule has 0 saturated carbocycles. The summed E-state index contributed by atoms with van der Waals surface area (Å²) in [5.41, 5.74) is 9.74. The minimum absolute atomic E-state index is 0.00565. The average molecular weight is 268 g/mol. The predicted octanol–water partition coefficient (Wildman–Crippen LogP) is 3.85. The monoisotopic (exact) mass is 268 g/mol. The van der Waals surface area contributed by atoms with Gasteiger partial charge >= 0.3 is 0 Å². The third-order valence-corrected chi connectivity index (χ3v) is 4.38. The first-order chi connectivity index (χ1) is 9.24. The Morgan fingerprint density at radius 1 is 1.21 bits per heavy atom. The van der Waals surface area contributed by atoms with Gasteiger partial charge in [0.2, 0.25) is 0 Å². The zero-order valence-electron chi connectivity index (χ0n) is 10.8. The summed E-state index contributed by atoms with van der Waals surface area (Å²) in [4.78, 5) is 4.31. The Hall–Kier alpha value is -1.71. The Kier molecular flexibility index (Phi) is 3.32. The van der Waals surface area contributed by atoms with Crippen LogP contribution in [-0.4, -0.2) is 4.98 Å². The van der Waals surface area contributed by atoms with Gasteiger partial charge in [0, 0.05) is 22.6 Å². The highest BCUT2D eigenvalue weighted by atomic mass is 32.1. The molecule has 2 aromatic heterocycles. The summed E-state index contributed by atoms with van der Waals surface area (Å²) in [7, 11) is 0. The largest absolute Gasteiger partial charge is 0.324 e. The molecule has 0 aliphatic carbocycles. The van der Waals surface area contributed by atoms with Crippen LogP contribution in [0.1, 0.15) is 22.9 Å². The summed E-state index contributed by atoms with van der Waals surface area (Å²) in [6.07, 6.45) is 2.74. The quantitative estimate of drug-likeness (QED) is 0.783. The molecule has 3 aromatic rings. The molecule has 2 N–H and O–H groups in total. The molecule has 2 nitrogen and oxygen atoms in total. The number of rotatable bonds is 3. The number of nitrogens with zero attached hydrogens (tertiary/aromatic N) is 1. The van der Waals surface area contributed by atoms with Crippen molar-refractivity contribution in [3.8, 4) is 0 Å². The van der Waals surface area contributed by atoms with Crippen molar-refractivity contribution < 1.29 is 0 Å². The van der Waals surface area contributed by atoms with Crippen molar-refractivity contribution in [2.45, 2.75) is 19.4 Å². The van der Waals surface area contributed by atoms with Crippen LogP contribution in [0.4, 0.5) is 0 Å². The van der Waals surface area contributed by atoms with Crippen LogP contribution in [0.3, 0.4) is 0 Å². The van der Waals surface area contributed by atoms with Gasteiger partial charge in [0.25, 0.3) is 0 Å². The maximum Gasteiger partial charge on any atom is 0.0372 e. The van der Waals surface area contributed by atoms with Gasteiger partial charge in [-0.3, -0.25) is 4.98 Å². The molecule has 1 atom stereocenters. The number of hydrogen-bond acceptors (Lipinski definition) is 3. The predicted molar refractivity (Wildman–Crippen MR) is 81.4 cm³/mol. The summed E-state index contributed by atoms with van der Waals surface area (Å²) >= 11 is 1.78. The van der Waals surface area contributed by atoms with Crippen molar-refractivity contribution in [3.05, 3.63) is 64.8 Å². The Bertz CT molecular complexity index is 685. The Balaban J connectivity index is 1.86. The molecule has 19 heavy (non-hydrogen) atoms. The van der Waals surface area contributed by atoms with Crippen LogP contribution in [0.5, 0.6) is 0 Å². The second kappa shape index (κ2) is 5.11. The maximum absolute atomic E-state index is 6.29. The summed E-state index contributed by atoms with van der Waals surface area (Å²) in [6, 6.07) is 12.6. The van der Waals surface area contributed by atoms with Gasteiger partial charge in [0.05, 0.1) is 0 Å². The van der Waals surface area contributed by atoms with Crippen LogP contribution < -0.4 is 5.73 Å². The van der Waals surface area contributed by atoms with Gasteiger partial charge in [-0.2, -0.15) is 0 Å². The van der Waals surface area contributed by atoms with Crippen molar-refractivity contribution in [2.24, 2.45) is 5.73 Å². The smallest absolute Gasteiger partial charge is 0.0372 e. The number of fused-ring (bicyclic) bond motifs is 1. The summed E-state index contributed by atoms with van der Waals surface area (Å²) in [6.45, 7) is 1.99. The van der Waals surface area contributed by atoms with E-state index in [0.29, 0.717) is 0 Å². The molecule has 3 heteroatoms. The Morgan fingerprint density at radius 2 is 2.05 bits per heavy atom. The van der Waals surface area contributed by atoms with Gasteiger partial charge in [-0.15, -0.1) is 11.3 Å². The van der Waals surface area contributed by atoms with Gasteiger partial charge in [0.15, 0.2) is 0 Å². The zero-order valence-corrected chi connectivity index (χ0v) is 11.7. The number of hydrogen-bond donors (Lipinski definition) is 1. The first-order valence-corrected chi connectivity index (χ1v) is 7.25. The van der Waals surface area contributed by atoms with Crippen LogP contribution in [0.2, 0.25) is 0 Å². The standard InChI is InChI=1S/C16H16N2S/c1-11-6-7-12(9-18-11)15(17)8-13-10-19-16-5-3-2-4-14(13)16/h2-7,9-10,15H,8,17H2,1H3. The molecule has 0 aliphatic heterocycles. The molecule has 96 valence electrons. The van der Waals surface area contributed by atoms with E-state index in [4.69, 9.17) is 5.73 Å². The van der Waals surface area contributed by atoms with Gasteiger partial charge < -0.3 is 5.73 Å². The van der Waals surface area contributed by atoms with E-state index in [1.807, 2.05) is 19.2 Å². The van der Waals surface area contributed by atoms with E-state index in [0.717, 1.165) is 17.7 Å². The highest BCUT2D eigenvalue weighted by Crippen LogP contribution is 2.28. The van der Waals surface area contributed by atoms with Crippen molar-refractivity contribution in [1.29, 1.82) is 0 Å². The third kappa shape index (κ3) is 2.53. The first-order valence-electron chi connectivity index (χ1n) is 6.37. The second-order valence-electron chi connectivity index (χ2n) is 4.80. The third-order valence-electron chi connectivity index (χ3n) is 3.36. The fourth-order valence-electron chi connectivity index (χ4n) is 2.24. The SMILES string of the molecule is Cc1ccc(C(N)Cc2csc3ccccc23)cn1. The summed E-state index contributed by atoms with van der Waals surface area (Å²) in [5.74, 6) is 0. The molecule has 0 fully saturated rings. The number of benzene rings is 1. The molecule has 3 rings (SSSR count). The van der Waals surface area contributed by atoms with Gasteiger partial charge in [-0.1, -0.05) is 24.3 Å². The highest BCUT2D eigenvalue weighted by molar-refractivity contribution is 7.17. The second-order valence-corrected chi connectivity index (χ2v) is 5.71. The van der Waals surface area contributed by atoms with Crippen molar-refractivity contribution in [3.63, 3.8) is 0 Å². The van der Waals surface area contributed by atoms with E-state index >= 15 is 0 Å². The topological polar surface area (TPSA) is 38.9 Å². The van der Waals surface area contributed by atoms with E-state index < -0.39 is 0 Å². The maximum atomic E-state index is 6.29. The van der Waals surface area contributed by atoms with E-state index in [9.17, 15) is 0 Å². The van der Waals surface area contributed by atoms with Crippen LogP contribution in [0, 0.1) is 6.92 Å². The van der Waals surface area contributed by atoms with E-state index in [2.05, 4.69) is 40.7 Å². The fraction of sp³-hybridized carbons (Fsp3) is 0.188. The molecule has 0 saturated heterocycles. The lowest BCUT2D eigenvalue weighted by atomic mass is 10.0. The van der Waals surface area contributed by atoms with Crippen molar-refractivity contribution in [1.82, 2.24) is 4.98 Å². The zero-order chi connectivity index (χ0) is 13.2. The Labute approximate surface area is 116 Å². The van der Waals surface area contributed by atoms with Crippen LogP contribution >= 0.6 is 11.3 Å². The molecule has 0 amide bonds. The molecule has 0 radical (unpaired) electrons. The van der Waals surface area contributed by atoms with E-state index in [1.54, 1.807) is 11.3 Å². The molecular weight excluding hydrogens is 252 g/mol. The molecule has 2 heterocycles. The van der Waals surface area contributed by atoms with E-state index in [-0.39, 0.29) is 6.04 Å². The normalized spacial score (nSPS) is 12.7. The fourth-order valence-corrected chi connectivity index (χ4v) is 3.22. The molecule has 1 unspecified atom stereocenters. The van der Waals surface area contributed by atoms with Gasteiger partial charge in [-0.25, -0.2) is 0 Å². The first kappa shape index (κ1) is 12.3. The lowest BCUT2D eigenvalue weighted by Gasteiger charge is -2.11. The molecule has 0 aliphatic rings. The van der Waals surface area contributed by atoms with E-state index in [1.165, 1.54) is 15.6 Å². The van der Waals surface area contributed by atoms with Gasteiger partial charge in [0.1, 0.15) is 0 Å². The number of thiophene rings is 1. The molecular formula is C16H16N2S.